The van der Waals surface area contributed by atoms with Crippen LogP contribution in [0.1, 0.15) is 19.4 Å². The quantitative estimate of drug-likeness (QED) is 0.710. The first-order valence-electron chi connectivity index (χ1n) is 7.19. The average molecular weight is 280 g/mol. The lowest BCUT2D eigenvalue weighted by Crippen LogP contribution is -2.32. The van der Waals surface area contributed by atoms with E-state index in [9.17, 15) is 5.11 Å². The highest BCUT2D eigenvalue weighted by Gasteiger charge is 2.45. The molecule has 0 saturated carbocycles. The van der Waals surface area contributed by atoms with Crippen LogP contribution in [0.5, 0.6) is 0 Å². The van der Waals surface area contributed by atoms with Crippen molar-refractivity contribution in [1.82, 2.24) is 0 Å². The summed E-state index contributed by atoms with van der Waals surface area (Å²) in [6.45, 7) is 5.03. The zero-order valence-electron chi connectivity index (χ0n) is 12.1. The molecule has 20 heavy (non-hydrogen) atoms. The van der Waals surface area contributed by atoms with Gasteiger partial charge in [-0.3, -0.25) is 0 Å². The summed E-state index contributed by atoms with van der Waals surface area (Å²) in [7, 11) is 0. The van der Waals surface area contributed by atoms with E-state index < -0.39 is 6.10 Å². The molecule has 1 fully saturated rings. The zero-order valence-corrected chi connectivity index (χ0v) is 12.1. The molecule has 2 rings (SSSR count). The molecule has 0 amide bonds. The first kappa shape index (κ1) is 15.4. The van der Waals surface area contributed by atoms with Gasteiger partial charge in [-0.05, 0) is 5.56 Å². The minimum atomic E-state index is -0.479. The van der Waals surface area contributed by atoms with Gasteiger partial charge in [0.25, 0.3) is 0 Å². The van der Waals surface area contributed by atoms with Gasteiger partial charge in [0.15, 0.2) is 0 Å². The minimum absolute atomic E-state index is 0.0162. The summed E-state index contributed by atoms with van der Waals surface area (Å²) in [5.74, 6) is 0.0553. The van der Waals surface area contributed by atoms with Crippen LogP contribution in [-0.2, 0) is 16.1 Å². The highest BCUT2D eigenvalue weighted by Crippen LogP contribution is 2.33. The van der Waals surface area contributed by atoms with E-state index in [-0.39, 0.29) is 30.7 Å². The van der Waals surface area contributed by atoms with Gasteiger partial charge in [0.05, 0.1) is 32.0 Å². The Morgan fingerprint density at radius 2 is 1.95 bits per heavy atom. The SMILES string of the molecule is C[C@@H]([C@@H](O)[C@@H](C)COCc1ccccc1)[C@@H]1O[C@H]1CO. The Bertz CT molecular complexity index is 395. The van der Waals surface area contributed by atoms with E-state index in [2.05, 4.69) is 0 Å². The van der Waals surface area contributed by atoms with E-state index in [1.165, 1.54) is 0 Å². The Balaban J connectivity index is 1.70. The van der Waals surface area contributed by atoms with Gasteiger partial charge in [0, 0.05) is 11.8 Å². The van der Waals surface area contributed by atoms with Crippen molar-refractivity contribution in [1.29, 1.82) is 0 Å². The minimum Gasteiger partial charge on any atom is -0.394 e. The maximum Gasteiger partial charge on any atom is 0.108 e. The lowest BCUT2D eigenvalue weighted by atomic mass is 9.90. The second-order valence-corrected chi connectivity index (χ2v) is 5.65. The van der Waals surface area contributed by atoms with Gasteiger partial charge >= 0.3 is 0 Å². The second-order valence-electron chi connectivity index (χ2n) is 5.65. The number of aliphatic hydroxyl groups excluding tert-OH is 2. The maximum absolute atomic E-state index is 10.3. The van der Waals surface area contributed by atoms with E-state index >= 15 is 0 Å². The summed E-state index contributed by atoms with van der Waals surface area (Å²) in [5, 5.41) is 19.2. The molecule has 1 heterocycles. The van der Waals surface area contributed by atoms with Crippen LogP contribution < -0.4 is 0 Å². The van der Waals surface area contributed by atoms with E-state index in [0.29, 0.717) is 13.2 Å². The van der Waals surface area contributed by atoms with Crippen molar-refractivity contribution in [2.75, 3.05) is 13.2 Å². The first-order valence-corrected chi connectivity index (χ1v) is 7.19. The van der Waals surface area contributed by atoms with Crippen molar-refractivity contribution in [3.8, 4) is 0 Å². The van der Waals surface area contributed by atoms with Gasteiger partial charge in [-0.15, -0.1) is 0 Å². The summed E-state index contributed by atoms with van der Waals surface area (Å²) >= 11 is 0. The smallest absolute Gasteiger partial charge is 0.108 e. The highest BCUT2D eigenvalue weighted by atomic mass is 16.6. The standard InChI is InChI=1S/C16H24O4/c1-11(9-19-10-13-6-4-3-5-7-13)15(18)12(2)16-14(8-17)20-16/h3-7,11-12,14-18H,8-10H2,1-2H3/t11-,12-,14-,15-,16-/m0/s1. The summed E-state index contributed by atoms with van der Waals surface area (Å²) in [6, 6.07) is 9.99. The molecule has 112 valence electrons. The van der Waals surface area contributed by atoms with Gasteiger partial charge in [0.2, 0.25) is 0 Å². The number of rotatable bonds is 8. The molecule has 0 aliphatic carbocycles. The van der Waals surface area contributed by atoms with Crippen LogP contribution in [0.25, 0.3) is 0 Å². The molecule has 4 nitrogen and oxygen atoms in total. The Kier molecular flexibility index (Phi) is 5.54. The Morgan fingerprint density at radius 1 is 1.25 bits per heavy atom. The second kappa shape index (κ2) is 7.18. The molecule has 0 radical (unpaired) electrons. The number of hydrogen-bond donors (Lipinski definition) is 2. The predicted molar refractivity (Wildman–Crippen MR) is 76.2 cm³/mol. The Labute approximate surface area is 120 Å². The third-order valence-corrected chi connectivity index (χ3v) is 3.93. The average Bonchev–Trinajstić information content (AvgIpc) is 3.26. The zero-order chi connectivity index (χ0) is 14.5. The largest absolute Gasteiger partial charge is 0.394 e. The van der Waals surface area contributed by atoms with Gasteiger partial charge in [-0.2, -0.15) is 0 Å². The van der Waals surface area contributed by atoms with Crippen molar-refractivity contribution in [2.45, 2.75) is 38.8 Å². The molecule has 4 heteroatoms. The first-order chi connectivity index (χ1) is 9.63. The fourth-order valence-electron chi connectivity index (χ4n) is 2.51. The van der Waals surface area contributed by atoms with Crippen molar-refractivity contribution in [3.63, 3.8) is 0 Å². The molecule has 0 bridgehead atoms. The van der Waals surface area contributed by atoms with Crippen LogP contribution in [0.15, 0.2) is 30.3 Å². The summed E-state index contributed by atoms with van der Waals surface area (Å²) in [6.07, 6.45) is -0.601. The fourth-order valence-corrected chi connectivity index (χ4v) is 2.51. The summed E-state index contributed by atoms with van der Waals surface area (Å²) in [4.78, 5) is 0. The topological polar surface area (TPSA) is 62.2 Å². The molecule has 1 saturated heterocycles. The van der Waals surface area contributed by atoms with Gasteiger partial charge in [-0.25, -0.2) is 0 Å². The van der Waals surface area contributed by atoms with Crippen LogP contribution in [0.3, 0.4) is 0 Å². The summed E-state index contributed by atoms with van der Waals surface area (Å²) < 4.78 is 11.0. The number of hydrogen-bond acceptors (Lipinski definition) is 4. The van der Waals surface area contributed by atoms with E-state index in [1.807, 2.05) is 44.2 Å². The third kappa shape index (κ3) is 4.03. The molecular formula is C16H24O4. The molecule has 1 aromatic rings. The number of ether oxygens (including phenoxy) is 2. The molecule has 1 aliphatic rings. The molecule has 0 unspecified atom stereocenters. The van der Waals surface area contributed by atoms with Crippen LogP contribution in [0.4, 0.5) is 0 Å². The molecule has 1 aromatic carbocycles. The van der Waals surface area contributed by atoms with Gasteiger partial charge < -0.3 is 19.7 Å². The highest BCUT2D eigenvalue weighted by molar-refractivity contribution is 5.13. The Morgan fingerprint density at radius 3 is 2.55 bits per heavy atom. The van der Waals surface area contributed by atoms with Crippen molar-refractivity contribution in [2.24, 2.45) is 11.8 Å². The van der Waals surface area contributed by atoms with Crippen molar-refractivity contribution >= 4 is 0 Å². The van der Waals surface area contributed by atoms with Crippen molar-refractivity contribution < 1.29 is 19.7 Å². The molecule has 1 aliphatic heterocycles. The van der Waals surface area contributed by atoms with E-state index in [0.717, 1.165) is 5.56 Å². The summed E-state index contributed by atoms with van der Waals surface area (Å²) in [5.41, 5.74) is 1.13. The van der Waals surface area contributed by atoms with Crippen molar-refractivity contribution in [3.05, 3.63) is 35.9 Å². The normalized spacial score (nSPS) is 26.0. The maximum atomic E-state index is 10.3. The van der Waals surface area contributed by atoms with Crippen LogP contribution in [-0.4, -0.2) is 41.7 Å². The van der Waals surface area contributed by atoms with Crippen LogP contribution in [0.2, 0.25) is 0 Å². The van der Waals surface area contributed by atoms with Gasteiger partial charge in [-0.1, -0.05) is 44.2 Å². The molecule has 0 aromatic heterocycles. The number of aliphatic hydroxyl groups is 2. The van der Waals surface area contributed by atoms with Crippen LogP contribution >= 0.6 is 0 Å². The fraction of sp³-hybridized carbons (Fsp3) is 0.625. The molecule has 2 N–H and O–H groups in total. The third-order valence-electron chi connectivity index (χ3n) is 3.93. The van der Waals surface area contributed by atoms with Gasteiger partial charge in [0.1, 0.15) is 6.10 Å². The number of epoxide rings is 1. The molecule has 5 atom stereocenters. The van der Waals surface area contributed by atoms with Crippen LogP contribution in [0, 0.1) is 11.8 Å². The lowest BCUT2D eigenvalue weighted by molar-refractivity contribution is -0.00204. The van der Waals surface area contributed by atoms with E-state index in [4.69, 9.17) is 14.6 Å². The Hall–Kier alpha value is -0.940. The molecule has 0 spiro atoms. The predicted octanol–water partition coefficient (Wildman–Crippen LogP) is 1.60. The number of benzene rings is 1. The lowest BCUT2D eigenvalue weighted by Gasteiger charge is -2.23. The molecular weight excluding hydrogens is 256 g/mol. The van der Waals surface area contributed by atoms with E-state index in [1.54, 1.807) is 0 Å². The monoisotopic (exact) mass is 280 g/mol.